The number of nitrogens with two attached hydrogens (primary N) is 1. The van der Waals surface area contributed by atoms with Gasteiger partial charge < -0.3 is 75.7 Å². The van der Waals surface area contributed by atoms with Crippen LogP contribution in [0.4, 0.5) is 0 Å². The molecule has 17 nitrogen and oxygen atoms in total. The number of hydrogen-bond donors (Lipinski definition) is 11. The Bertz CT molecular complexity index is 1660. The first-order valence-corrected chi connectivity index (χ1v) is 22.6. The number of aliphatic hydroxyl groups excluding tert-OH is 8. The Balaban J connectivity index is 1.86. The number of carboxylic acid groups (broad SMARTS) is 1. The van der Waals surface area contributed by atoms with Crippen molar-refractivity contribution < 1.29 is 79.6 Å². The number of rotatable bonds is 3. The summed E-state index contributed by atoms with van der Waals surface area (Å²) >= 11 is 0. The smallest absolute Gasteiger partial charge is 0.311 e. The number of fused-ring (bicyclic) bond motifs is 2. The highest BCUT2D eigenvalue weighted by Crippen LogP contribution is 2.38. The number of cyclic esters (lactones) is 1. The molecule has 2 bridgehead atoms. The molecular weight excluding hydrogens is 847 g/mol. The van der Waals surface area contributed by atoms with Gasteiger partial charge in [-0.3, -0.25) is 9.59 Å². The van der Waals surface area contributed by atoms with Crippen molar-refractivity contribution in [3.8, 4) is 0 Å². The van der Waals surface area contributed by atoms with E-state index in [9.17, 15) is 60.7 Å². The van der Waals surface area contributed by atoms with Crippen LogP contribution in [-0.2, 0) is 28.5 Å². The second-order valence-corrected chi connectivity index (χ2v) is 17.9. The highest BCUT2D eigenvalue weighted by Gasteiger charge is 2.51. The van der Waals surface area contributed by atoms with E-state index in [0.29, 0.717) is 0 Å². The molecule has 2 fully saturated rings. The Morgan fingerprint density at radius 1 is 0.662 bits per heavy atom. The van der Waals surface area contributed by atoms with E-state index in [4.69, 9.17) is 24.7 Å². The lowest BCUT2D eigenvalue weighted by Gasteiger charge is -2.45. The van der Waals surface area contributed by atoms with E-state index in [-0.39, 0.29) is 49.9 Å². The molecule has 0 aromatic carbocycles. The van der Waals surface area contributed by atoms with Gasteiger partial charge in [-0.2, -0.15) is 0 Å². The van der Waals surface area contributed by atoms with Crippen LogP contribution < -0.4 is 5.73 Å². The summed E-state index contributed by atoms with van der Waals surface area (Å²) < 4.78 is 23.3. The van der Waals surface area contributed by atoms with Crippen LogP contribution in [0.15, 0.2) is 85.1 Å². The molecule has 3 aliphatic heterocycles. The second kappa shape index (κ2) is 27.4. The van der Waals surface area contributed by atoms with Crippen LogP contribution >= 0.6 is 0 Å². The van der Waals surface area contributed by atoms with Gasteiger partial charge in [-0.15, -0.1) is 0 Å². The molecular formula is C48H75NO16. The predicted molar refractivity (Wildman–Crippen MR) is 240 cm³/mol. The zero-order valence-corrected chi connectivity index (χ0v) is 38.1. The lowest BCUT2D eigenvalue weighted by Crippen LogP contribution is -2.61. The Labute approximate surface area is 382 Å². The van der Waals surface area contributed by atoms with Gasteiger partial charge in [-0.05, 0) is 50.9 Å². The summed E-state index contributed by atoms with van der Waals surface area (Å²) in [5.41, 5.74) is 6.02. The number of allylic oxidation sites excluding steroid dienone is 13. The molecule has 0 aliphatic carbocycles. The Hall–Kier alpha value is -3.40. The molecule has 19 atom stereocenters. The molecule has 11 unspecified atom stereocenters. The summed E-state index contributed by atoms with van der Waals surface area (Å²) in [6.07, 6.45) is 5.94. The molecule has 368 valence electrons. The molecule has 0 radical (unpaired) electrons. The maximum absolute atomic E-state index is 12.7. The third-order valence-electron chi connectivity index (χ3n) is 12.6. The first-order chi connectivity index (χ1) is 30.6. The van der Waals surface area contributed by atoms with Crippen molar-refractivity contribution >= 4 is 11.9 Å². The summed E-state index contributed by atoms with van der Waals surface area (Å²) in [4.78, 5) is 25.2. The molecule has 12 N–H and O–H groups in total. The van der Waals surface area contributed by atoms with Crippen LogP contribution in [0.5, 0.6) is 0 Å². The molecule has 3 aliphatic rings. The van der Waals surface area contributed by atoms with E-state index < -0.39 is 128 Å². The Morgan fingerprint density at radius 3 is 1.82 bits per heavy atom. The summed E-state index contributed by atoms with van der Waals surface area (Å²) in [5.74, 6) is -5.65. The molecule has 3 heterocycles. The van der Waals surface area contributed by atoms with E-state index >= 15 is 0 Å². The molecule has 2 saturated heterocycles. The van der Waals surface area contributed by atoms with Crippen molar-refractivity contribution in [2.75, 3.05) is 0 Å². The summed E-state index contributed by atoms with van der Waals surface area (Å²) in [6, 6.07) is -1.14. The zero-order chi connectivity index (χ0) is 48.4. The van der Waals surface area contributed by atoms with Crippen molar-refractivity contribution in [2.24, 2.45) is 29.4 Å². The lowest BCUT2D eigenvalue weighted by atomic mass is 9.82. The van der Waals surface area contributed by atoms with Gasteiger partial charge in [0.2, 0.25) is 0 Å². The Morgan fingerprint density at radius 2 is 1.23 bits per heavy atom. The number of carbonyl (C=O) groups is 2. The van der Waals surface area contributed by atoms with Crippen LogP contribution in [0.2, 0.25) is 0 Å². The molecule has 0 amide bonds. The van der Waals surface area contributed by atoms with E-state index in [1.165, 1.54) is 13.0 Å². The van der Waals surface area contributed by atoms with Gasteiger partial charge in [0.15, 0.2) is 12.1 Å². The molecule has 17 heteroatoms. The number of aliphatic carboxylic acids is 1. The first kappa shape index (κ1) is 55.9. The fourth-order valence-corrected chi connectivity index (χ4v) is 8.18. The highest BCUT2D eigenvalue weighted by molar-refractivity contribution is 5.71. The van der Waals surface area contributed by atoms with Gasteiger partial charge in [0.1, 0.15) is 18.1 Å². The minimum absolute atomic E-state index is 0.00816. The third-order valence-corrected chi connectivity index (χ3v) is 12.6. The van der Waals surface area contributed by atoms with Gasteiger partial charge >= 0.3 is 11.9 Å². The molecule has 3 rings (SSSR count). The van der Waals surface area contributed by atoms with Crippen LogP contribution in [0.3, 0.4) is 0 Å². The predicted octanol–water partition coefficient (Wildman–Crippen LogP) is 1.99. The molecule has 0 aromatic heterocycles. The summed E-state index contributed by atoms with van der Waals surface area (Å²) in [6.45, 7) is 9.49. The van der Waals surface area contributed by atoms with Crippen LogP contribution in [0.1, 0.15) is 86.0 Å². The van der Waals surface area contributed by atoms with E-state index in [1.54, 1.807) is 37.3 Å². The van der Waals surface area contributed by atoms with Gasteiger partial charge in [-0.25, -0.2) is 0 Å². The average molecular weight is 922 g/mol. The fraction of sp³-hybridized carbons (Fsp3) is 0.667. The number of ether oxygens (including phenoxy) is 4. The largest absolute Gasteiger partial charge is 0.481 e. The SMILES string of the molecule is CC1[C@@H](C)[C@H](C)OC(=O)CC(O)CC(O)CCC(O)C(O)CC(O)CC2(O)C[C@H](O)C(C(=O)O)[C@H](CC(OC3O[C@H](C)C(O)[C@H](N)[C@@H]3O)/C=C/C=C/C=C/C=C/C=C/C=C/C=C/[C@@H]1C)O2. The van der Waals surface area contributed by atoms with Gasteiger partial charge in [0.05, 0.1) is 73.5 Å². The summed E-state index contributed by atoms with van der Waals surface area (Å²) in [7, 11) is 0. The van der Waals surface area contributed by atoms with Crippen LogP contribution in [0, 0.1) is 23.7 Å². The highest BCUT2D eigenvalue weighted by atomic mass is 16.7. The maximum Gasteiger partial charge on any atom is 0.311 e. The monoisotopic (exact) mass is 922 g/mol. The number of carbonyl (C=O) groups excluding carboxylic acids is 1. The fourth-order valence-electron chi connectivity index (χ4n) is 8.18. The molecule has 0 spiro atoms. The zero-order valence-electron chi connectivity index (χ0n) is 38.1. The van der Waals surface area contributed by atoms with Crippen molar-refractivity contribution in [1.82, 2.24) is 0 Å². The summed E-state index contributed by atoms with van der Waals surface area (Å²) in [5, 5.41) is 107. The van der Waals surface area contributed by atoms with E-state index in [1.807, 2.05) is 49.5 Å². The third kappa shape index (κ3) is 18.7. The van der Waals surface area contributed by atoms with Gasteiger partial charge in [-0.1, -0.05) is 106 Å². The Kier molecular flexibility index (Phi) is 23.6. The van der Waals surface area contributed by atoms with Crippen LogP contribution in [0.25, 0.3) is 0 Å². The lowest BCUT2D eigenvalue weighted by molar-refractivity contribution is -0.308. The average Bonchev–Trinajstić information content (AvgIpc) is 3.21. The minimum atomic E-state index is -2.31. The van der Waals surface area contributed by atoms with E-state index in [0.717, 1.165) is 0 Å². The molecule has 0 saturated carbocycles. The van der Waals surface area contributed by atoms with Crippen molar-refractivity contribution in [3.63, 3.8) is 0 Å². The van der Waals surface area contributed by atoms with E-state index in [2.05, 4.69) is 19.9 Å². The van der Waals surface area contributed by atoms with Crippen molar-refractivity contribution in [2.45, 2.75) is 177 Å². The second-order valence-electron chi connectivity index (χ2n) is 17.9. The minimum Gasteiger partial charge on any atom is -0.481 e. The molecule has 0 aromatic rings. The quantitative estimate of drug-likeness (QED) is 0.180. The number of hydrogen-bond acceptors (Lipinski definition) is 16. The van der Waals surface area contributed by atoms with Gasteiger partial charge in [0.25, 0.3) is 0 Å². The normalized spacial score (nSPS) is 45.5. The maximum atomic E-state index is 12.7. The van der Waals surface area contributed by atoms with Crippen LogP contribution in [-0.4, -0.2) is 154 Å². The number of esters is 1. The van der Waals surface area contributed by atoms with Crippen molar-refractivity contribution in [1.29, 1.82) is 0 Å². The van der Waals surface area contributed by atoms with Crippen molar-refractivity contribution in [3.05, 3.63) is 85.1 Å². The number of carboxylic acids is 1. The first-order valence-electron chi connectivity index (χ1n) is 22.6. The standard InChI is InChI=1S/C48H75NO16/c1-28-18-16-14-12-10-8-6-7-9-11-13-15-17-19-36(64-47-45(58)43(49)44(57)32(5)63-47)25-40-42(46(59)60)39(55)27-48(61,65-40)26-35(52)23-38(54)37(53)21-20-33(50)22-34(51)24-41(56)62-31(4)30(3)29(28)2/h6-19,28-40,42-45,47,50-55,57-58,61H,20-27,49H2,1-5H3,(H,59,60)/b7-6+,10-8+,11-9+,14-12+,15-13+,18-16+,19-17+/t28-,29?,30+,31-,32+,33?,34?,35?,36?,37?,38?,39-,40-,42?,43-,44?,45-,47?,48?/m0/s1. The topological polar surface area (TPSA) is 299 Å². The number of aliphatic hydroxyl groups is 9. The van der Waals surface area contributed by atoms with Gasteiger partial charge in [0, 0.05) is 25.7 Å². The molecule has 65 heavy (non-hydrogen) atoms.